The van der Waals surface area contributed by atoms with Crippen molar-refractivity contribution in [1.82, 2.24) is 4.98 Å². The van der Waals surface area contributed by atoms with E-state index in [9.17, 15) is 13.2 Å². The highest BCUT2D eigenvalue weighted by Crippen LogP contribution is 2.25. The van der Waals surface area contributed by atoms with E-state index in [1.54, 1.807) is 5.38 Å². The first-order chi connectivity index (χ1) is 9.44. The predicted molar refractivity (Wildman–Crippen MR) is 73.0 cm³/mol. The van der Waals surface area contributed by atoms with Gasteiger partial charge in [-0.25, -0.2) is 18.2 Å². The Morgan fingerprint density at radius 2 is 2.20 bits per heavy atom. The Kier molecular flexibility index (Phi) is 4.05. The fraction of sp³-hybridized carbons (Fsp3) is 0.167. The summed E-state index contributed by atoms with van der Waals surface area (Å²) >= 11 is 1.23. The SMILES string of the molecule is COc1ccc(S(=O)(=O)Cc2nccs2)cc1C(=O)O. The van der Waals surface area contributed by atoms with Gasteiger partial charge in [0.05, 0.1) is 12.0 Å². The van der Waals surface area contributed by atoms with Gasteiger partial charge in [-0.2, -0.15) is 0 Å². The Bertz CT molecular complexity index is 722. The standard InChI is InChI=1S/C12H11NO5S2/c1-18-10-3-2-8(6-9(10)12(14)15)20(16,17)7-11-13-4-5-19-11/h2-6H,7H2,1H3,(H,14,15). The third kappa shape index (κ3) is 2.97. The van der Waals surface area contributed by atoms with Crippen LogP contribution in [-0.4, -0.2) is 31.6 Å². The number of benzene rings is 1. The molecule has 0 amide bonds. The number of rotatable bonds is 5. The van der Waals surface area contributed by atoms with E-state index >= 15 is 0 Å². The number of methoxy groups -OCH3 is 1. The Hall–Kier alpha value is -1.93. The summed E-state index contributed by atoms with van der Waals surface area (Å²) < 4.78 is 29.3. The Morgan fingerprint density at radius 1 is 1.45 bits per heavy atom. The maximum atomic E-state index is 12.2. The first-order valence-corrected chi connectivity index (χ1v) is 7.99. The highest BCUT2D eigenvalue weighted by Gasteiger charge is 2.21. The molecule has 0 bridgehead atoms. The first kappa shape index (κ1) is 14.5. The molecule has 1 aromatic heterocycles. The molecule has 106 valence electrons. The second kappa shape index (κ2) is 5.59. The van der Waals surface area contributed by atoms with Gasteiger partial charge in [0.2, 0.25) is 0 Å². The zero-order valence-corrected chi connectivity index (χ0v) is 12.1. The van der Waals surface area contributed by atoms with Crippen LogP contribution in [0, 0.1) is 0 Å². The van der Waals surface area contributed by atoms with Crippen LogP contribution < -0.4 is 4.74 Å². The van der Waals surface area contributed by atoms with Crippen LogP contribution in [-0.2, 0) is 15.6 Å². The number of sulfone groups is 1. The van der Waals surface area contributed by atoms with Crippen molar-refractivity contribution in [2.45, 2.75) is 10.6 Å². The number of nitrogens with zero attached hydrogens (tertiary/aromatic N) is 1. The molecule has 0 unspecified atom stereocenters. The molecule has 1 heterocycles. The van der Waals surface area contributed by atoms with Crippen LogP contribution in [0.4, 0.5) is 0 Å². The summed E-state index contributed by atoms with van der Waals surface area (Å²) in [7, 11) is -2.31. The van der Waals surface area contributed by atoms with Gasteiger partial charge in [-0.15, -0.1) is 11.3 Å². The Morgan fingerprint density at radius 3 is 2.75 bits per heavy atom. The minimum atomic E-state index is -3.64. The molecule has 2 rings (SSSR count). The molecule has 0 saturated carbocycles. The van der Waals surface area contributed by atoms with Crippen molar-refractivity contribution in [3.63, 3.8) is 0 Å². The summed E-state index contributed by atoms with van der Waals surface area (Å²) in [6.07, 6.45) is 1.52. The zero-order chi connectivity index (χ0) is 14.8. The predicted octanol–water partition coefficient (Wildman–Crippen LogP) is 1.82. The highest BCUT2D eigenvalue weighted by atomic mass is 32.2. The number of carboxylic acid groups (broad SMARTS) is 1. The average Bonchev–Trinajstić information content (AvgIpc) is 2.89. The fourth-order valence-electron chi connectivity index (χ4n) is 1.62. The van der Waals surface area contributed by atoms with Crippen molar-refractivity contribution in [1.29, 1.82) is 0 Å². The molecule has 1 aromatic carbocycles. The third-order valence-electron chi connectivity index (χ3n) is 2.56. The van der Waals surface area contributed by atoms with Crippen molar-refractivity contribution < 1.29 is 23.1 Å². The molecule has 0 radical (unpaired) electrons. The summed E-state index contributed by atoms with van der Waals surface area (Å²) in [6, 6.07) is 3.76. The van der Waals surface area contributed by atoms with Crippen LogP contribution in [0.15, 0.2) is 34.7 Å². The molecule has 0 atom stereocenters. The maximum Gasteiger partial charge on any atom is 0.339 e. The molecule has 0 aliphatic rings. The van der Waals surface area contributed by atoms with Gasteiger partial charge in [-0.1, -0.05) is 0 Å². The normalized spacial score (nSPS) is 11.2. The van der Waals surface area contributed by atoms with Gasteiger partial charge < -0.3 is 9.84 Å². The van der Waals surface area contributed by atoms with Crippen LogP contribution in [0.2, 0.25) is 0 Å². The van der Waals surface area contributed by atoms with Gasteiger partial charge in [0.25, 0.3) is 0 Å². The molecule has 1 N–H and O–H groups in total. The summed E-state index contributed by atoms with van der Waals surface area (Å²) in [5, 5.41) is 11.2. The van der Waals surface area contributed by atoms with E-state index in [2.05, 4.69) is 4.98 Å². The van der Waals surface area contributed by atoms with Crippen LogP contribution in [0.25, 0.3) is 0 Å². The smallest absolute Gasteiger partial charge is 0.339 e. The second-order valence-electron chi connectivity index (χ2n) is 3.85. The van der Waals surface area contributed by atoms with Gasteiger partial charge in [0, 0.05) is 11.6 Å². The van der Waals surface area contributed by atoms with Crippen molar-refractivity contribution in [3.8, 4) is 5.75 Å². The van der Waals surface area contributed by atoms with Crippen LogP contribution in [0.3, 0.4) is 0 Å². The summed E-state index contributed by atoms with van der Waals surface area (Å²) in [6.45, 7) is 0. The van der Waals surface area contributed by atoms with E-state index in [4.69, 9.17) is 9.84 Å². The lowest BCUT2D eigenvalue weighted by Crippen LogP contribution is -2.08. The molecule has 0 saturated heterocycles. The first-order valence-electron chi connectivity index (χ1n) is 5.46. The van der Waals surface area contributed by atoms with Gasteiger partial charge in [-0.05, 0) is 18.2 Å². The van der Waals surface area contributed by atoms with Crippen molar-refractivity contribution >= 4 is 27.1 Å². The van der Waals surface area contributed by atoms with E-state index in [-0.39, 0.29) is 22.0 Å². The number of aromatic carboxylic acids is 1. The lowest BCUT2D eigenvalue weighted by atomic mass is 10.2. The van der Waals surface area contributed by atoms with Gasteiger partial charge >= 0.3 is 5.97 Å². The van der Waals surface area contributed by atoms with Gasteiger partial charge in [0.1, 0.15) is 22.1 Å². The van der Waals surface area contributed by atoms with Crippen molar-refractivity contribution in [3.05, 3.63) is 40.3 Å². The van der Waals surface area contributed by atoms with E-state index in [0.717, 1.165) is 6.07 Å². The molecule has 2 aromatic rings. The molecular weight excluding hydrogens is 302 g/mol. The molecule has 6 nitrogen and oxygen atoms in total. The Labute approximate surface area is 119 Å². The summed E-state index contributed by atoms with van der Waals surface area (Å²) in [5.41, 5.74) is -0.187. The third-order valence-corrected chi connectivity index (χ3v) is 5.15. The lowest BCUT2D eigenvalue weighted by molar-refractivity contribution is 0.0693. The summed E-state index contributed by atoms with van der Waals surface area (Å²) in [5.74, 6) is -1.38. The average molecular weight is 313 g/mol. The van der Waals surface area contributed by atoms with Gasteiger partial charge in [0.15, 0.2) is 9.84 Å². The van der Waals surface area contributed by atoms with Crippen LogP contribution in [0.5, 0.6) is 5.75 Å². The van der Waals surface area contributed by atoms with Gasteiger partial charge in [-0.3, -0.25) is 0 Å². The molecule has 8 heteroatoms. The number of thiazole rings is 1. The highest BCUT2D eigenvalue weighted by molar-refractivity contribution is 7.90. The van der Waals surface area contributed by atoms with Crippen molar-refractivity contribution in [2.75, 3.05) is 7.11 Å². The number of ether oxygens (including phenoxy) is 1. The number of aromatic nitrogens is 1. The minimum Gasteiger partial charge on any atom is -0.496 e. The van der Waals surface area contributed by atoms with Crippen LogP contribution >= 0.6 is 11.3 Å². The quantitative estimate of drug-likeness (QED) is 0.905. The van der Waals surface area contributed by atoms with Crippen LogP contribution in [0.1, 0.15) is 15.4 Å². The minimum absolute atomic E-state index is 0.0640. The molecular formula is C12H11NO5S2. The Balaban J connectivity index is 2.42. The largest absolute Gasteiger partial charge is 0.496 e. The molecule has 0 aliphatic heterocycles. The molecule has 0 fully saturated rings. The lowest BCUT2D eigenvalue weighted by Gasteiger charge is -2.08. The topological polar surface area (TPSA) is 93.6 Å². The fourth-order valence-corrected chi connectivity index (χ4v) is 3.90. The zero-order valence-electron chi connectivity index (χ0n) is 10.4. The maximum absolute atomic E-state index is 12.2. The van der Waals surface area contributed by atoms with E-state index in [1.165, 1.54) is 36.8 Å². The van der Waals surface area contributed by atoms with Crippen molar-refractivity contribution in [2.24, 2.45) is 0 Å². The molecule has 0 aliphatic carbocycles. The van der Waals surface area contributed by atoms with E-state index in [1.807, 2.05) is 0 Å². The second-order valence-corrected chi connectivity index (χ2v) is 6.82. The molecule has 0 spiro atoms. The molecule has 20 heavy (non-hydrogen) atoms. The van der Waals surface area contributed by atoms with E-state index in [0.29, 0.717) is 5.01 Å². The number of carbonyl (C=O) groups is 1. The summed E-state index contributed by atoms with van der Waals surface area (Å²) in [4.78, 5) is 14.9. The number of hydrogen-bond acceptors (Lipinski definition) is 6. The number of carboxylic acids is 1. The van der Waals surface area contributed by atoms with E-state index < -0.39 is 15.8 Å². The number of hydrogen-bond donors (Lipinski definition) is 1. The monoisotopic (exact) mass is 313 g/mol.